The summed E-state index contributed by atoms with van der Waals surface area (Å²) in [7, 11) is 0. The molecule has 4 saturated carbocycles. The van der Waals surface area contributed by atoms with Crippen molar-refractivity contribution < 1.29 is 18.3 Å². The first-order valence-corrected chi connectivity index (χ1v) is 13.9. The standard InChI is InChI=1S/C29H49F3O/c1-19(8-7-14-25(2,3)4)22-11-12-23-21-10-9-20-18-28(33,29(30,31)32)17-16-26(20,5)24(21)13-15-27(22,23)6/h19-24,33H,7-18H2,1-6H3/t19-,20-,21+,22-,23+,24+,26+,27-,28+/m1/s1. The second kappa shape index (κ2) is 8.41. The van der Waals surface area contributed by atoms with Gasteiger partial charge in [0, 0.05) is 0 Å². The highest BCUT2D eigenvalue weighted by molar-refractivity contribution is 5.11. The average Bonchev–Trinajstić information content (AvgIpc) is 3.04. The van der Waals surface area contributed by atoms with Crippen molar-refractivity contribution in [3.8, 4) is 0 Å². The minimum Gasteiger partial charge on any atom is -0.380 e. The Hall–Kier alpha value is -0.250. The minimum atomic E-state index is -4.50. The van der Waals surface area contributed by atoms with Crippen LogP contribution in [0.5, 0.6) is 0 Å². The summed E-state index contributed by atoms with van der Waals surface area (Å²) in [6.45, 7) is 14.4. The molecule has 0 spiro atoms. The second-order valence-corrected chi connectivity index (χ2v) is 14.5. The molecule has 0 heterocycles. The van der Waals surface area contributed by atoms with Gasteiger partial charge in [-0.2, -0.15) is 13.2 Å². The fourth-order valence-corrected chi connectivity index (χ4v) is 9.63. The number of rotatable bonds is 4. The van der Waals surface area contributed by atoms with Gasteiger partial charge in [0.15, 0.2) is 5.60 Å². The van der Waals surface area contributed by atoms with Gasteiger partial charge in [-0.3, -0.25) is 0 Å². The lowest BCUT2D eigenvalue weighted by molar-refractivity contribution is -0.290. The van der Waals surface area contributed by atoms with Crippen molar-refractivity contribution in [3.63, 3.8) is 0 Å². The van der Waals surface area contributed by atoms with E-state index in [0.717, 1.165) is 30.6 Å². The molecule has 4 aliphatic carbocycles. The zero-order chi connectivity index (χ0) is 24.4. The zero-order valence-electron chi connectivity index (χ0n) is 22.0. The Bertz CT molecular complexity index is 711. The van der Waals surface area contributed by atoms with Crippen molar-refractivity contribution in [2.24, 2.45) is 51.8 Å². The highest BCUT2D eigenvalue weighted by Crippen LogP contribution is 2.69. The van der Waals surface area contributed by atoms with Gasteiger partial charge in [-0.15, -0.1) is 0 Å². The summed E-state index contributed by atoms with van der Waals surface area (Å²) in [6, 6.07) is 0. The molecule has 0 unspecified atom stereocenters. The monoisotopic (exact) mass is 470 g/mol. The van der Waals surface area contributed by atoms with Crippen LogP contribution in [0.4, 0.5) is 13.2 Å². The maximum Gasteiger partial charge on any atom is 0.417 e. The second-order valence-electron chi connectivity index (χ2n) is 14.5. The van der Waals surface area contributed by atoms with E-state index in [9.17, 15) is 18.3 Å². The molecule has 1 nitrogen and oxygen atoms in total. The summed E-state index contributed by atoms with van der Waals surface area (Å²) in [4.78, 5) is 0. The normalized spacial score (nSPS) is 46.9. The van der Waals surface area contributed by atoms with Crippen LogP contribution in [0.2, 0.25) is 0 Å². The SMILES string of the molecule is C[C@H](CCCC(C)(C)C)[C@H]1CC[C@H]2[C@@H]3CC[C@@H]4C[C@](O)(C(F)(F)F)CC[C@]4(C)[C@H]3CC[C@]12C. The van der Waals surface area contributed by atoms with E-state index in [-0.39, 0.29) is 24.2 Å². The van der Waals surface area contributed by atoms with Crippen molar-refractivity contribution in [3.05, 3.63) is 0 Å². The topological polar surface area (TPSA) is 20.2 Å². The molecule has 192 valence electrons. The third-order valence-electron chi connectivity index (χ3n) is 11.6. The first-order valence-electron chi connectivity index (χ1n) is 13.9. The molecule has 0 aromatic rings. The van der Waals surface area contributed by atoms with Crippen LogP contribution >= 0.6 is 0 Å². The molecule has 0 saturated heterocycles. The van der Waals surface area contributed by atoms with Crippen LogP contribution in [0, 0.1) is 51.8 Å². The van der Waals surface area contributed by atoms with Gasteiger partial charge in [-0.25, -0.2) is 0 Å². The molecular weight excluding hydrogens is 421 g/mol. The van der Waals surface area contributed by atoms with Crippen molar-refractivity contribution >= 4 is 0 Å². The van der Waals surface area contributed by atoms with Crippen molar-refractivity contribution in [2.45, 2.75) is 130 Å². The van der Waals surface area contributed by atoms with Gasteiger partial charge in [-0.1, -0.05) is 54.4 Å². The van der Waals surface area contributed by atoms with Crippen LogP contribution in [-0.4, -0.2) is 16.9 Å². The van der Waals surface area contributed by atoms with Gasteiger partial charge < -0.3 is 5.11 Å². The predicted molar refractivity (Wildman–Crippen MR) is 129 cm³/mol. The maximum absolute atomic E-state index is 13.6. The van der Waals surface area contributed by atoms with Crippen LogP contribution in [-0.2, 0) is 0 Å². The molecule has 0 amide bonds. The number of aliphatic hydroxyl groups is 1. The van der Waals surface area contributed by atoms with E-state index < -0.39 is 11.8 Å². The van der Waals surface area contributed by atoms with E-state index >= 15 is 0 Å². The largest absolute Gasteiger partial charge is 0.417 e. The van der Waals surface area contributed by atoms with Gasteiger partial charge in [-0.05, 0) is 116 Å². The van der Waals surface area contributed by atoms with Crippen LogP contribution in [0.3, 0.4) is 0 Å². The van der Waals surface area contributed by atoms with E-state index in [1.165, 1.54) is 44.9 Å². The van der Waals surface area contributed by atoms with Crippen molar-refractivity contribution in [1.82, 2.24) is 0 Å². The number of hydrogen-bond acceptors (Lipinski definition) is 1. The molecule has 4 heteroatoms. The lowest BCUT2D eigenvalue weighted by Crippen LogP contribution is -2.59. The van der Waals surface area contributed by atoms with Gasteiger partial charge >= 0.3 is 6.18 Å². The Morgan fingerprint density at radius 3 is 2.18 bits per heavy atom. The van der Waals surface area contributed by atoms with Crippen LogP contribution in [0.15, 0.2) is 0 Å². The molecule has 1 N–H and O–H groups in total. The van der Waals surface area contributed by atoms with Crippen molar-refractivity contribution in [2.75, 3.05) is 0 Å². The van der Waals surface area contributed by atoms with Crippen LogP contribution in [0.1, 0.15) is 119 Å². The smallest absolute Gasteiger partial charge is 0.380 e. The number of alkyl halides is 3. The summed E-state index contributed by atoms with van der Waals surface area (Å²) in [6.07, 6.45) is 6.81. The Balaban J connectivity index is 1.46. The fourth-order valence-electron chi connectivity index (χ4n) is 9.63. The molecule has 0 aromatic heterocycles. The summed E-state index contributed by atoms with van der Waals surface area (Å²) >= 11 is 0. The first kappa shape index (κ1) is 25.8. The van der Waals surface area contributed by atoms with Crippen LogP contribution in [0.25, 0.3) is 0 Å². The minimum absolute atomic E-state index is 0.0111. The van der Waals surface area contributed by atoms with E-state index in [4.69, 9.17) is 0 Å². The first-order chi connectivity index (χ1) is 15.1. The number of hydrogen-bond donors (Lipinski definition) is 1. The predicted octanol–water partition coefficient (Wildman–Crippen LogP) is 8.79. The zero-order valence-corrected chi connectivity index (χ0v) is 22.0. The molecule has 0 bridgehead atoms. The number of halogens is 3. The third-order valence-corrected chi connectivity index (χ3v) is 11.6. The summed E-state index contributed by atoms with van der Waals surface area (Å²) in [5.41, 5.74) is -1.68. The fraction of sp³-hybridized carbons (Fsp3) is 1.00. The van der Waals surface area contributed by atoms with Crippen LogP contribution < -0.4 is 0 Å². The summed E-state index contributed by atoms with van der Waals surface area (Å²) in [5.74, 6) is 3.54. The molecule has 4 rings (SSSR count). The highest BCUT2D eigenvalue weighted by atomic mass is 19.4. The average molecular weight is 471 g/mol. The maximum atomic E-state index is 13.6. The molecule has 9 atom stereocenters. The molecule has 4 fully saturated rings. The van der Waals surface area contributed by atoms with E-state index in [1.807, 2.05) is 0 Å². The quantitative estimate of drug-likeness (QED) is 0.435. The Morgan fingerprint density at radius 2 is 1.55 bits per heavy atom. The van der Waals surface area contributed by atoms with Gasteiger partial charge in [0.05, 0.1) is 0 Å². The molecular formula is C29H49F3O. The summed E-state index contributed by atoms with van der Waals surface area (Å²) < 4.78 is 40.8. The van der Waals surface area contributed by atoms with Crippen molar-refractivity contribution in [1.29, 1.82) is 0 Å². The van der Waals surface area contributed by atoms with E-state index in [1.54, 1.807) is 0 Å². The van der Waals surface area contributed by atoms with Gasteiger partial charge in [0.1, 0.15) is 0 Å². The van der Waals surface area contributed by atoms with Gasteiger partial charge in [0.2, 0.25) is 0 Å². The third kappa shape index (κ3) is 4.42. The van der Waals surface area contributed by atoms with E-state index in [2.05, 4.69) is 41.5 Å². The molecule has 0 radical (unpaired) electrons. The molecule has 0 aliphatic heterocycles. The van der Waals surface area contributed by atoms with E-state index in [0.29, 0.717) is 29.1 Å². The molecule has 33 heavy (non-hydrogen) atoms. The number of fused-ring (bicyclic) bond motifs is 5. The Labute approximate surface area is 200 Å². The highest BCUT2D eigenvalue weighted by Gasteiger charge is 2.65. The van der Waals surface area contributed by atoms with Gasteiger partial charge in [0.25, 0.3) is 0 Å². The lowest BCUT2D eigenvalue weighted by atomic mass is 9.43. The lowest BCUT2D eigenvalue weighted by Gasteiger charge is -2.62. The Morgan fingerprint density at radius 1 is 0.879 bits per heavy atom. The molecule has 0 aromatic carbocycles. The summed E-state index contributed by atoms with van der Waals surface area (Å²) in [5, 5.41) is 10.4. The molecule has 4 aliphatic rings. The Kier molecular flexibility index (Phi) is 6.58.